The Balaban J connectivity index is 1.87. The Bertz CT molecular complexity index is 1090. The number of rotatable bonds is 5. The molecule has 5 heteroatoms. The summed E-state index contributed by atoms with van der Waals surface area (Å²) in [7, 11) is -3.67. The number of sulfone groups is 1. The number of nitrogens with zero attached hydrogens (tertiary/aromatic N) is 1. The van der Waals surface area contributed by atoms with Crippen molar-refractivity contribution in [2.24, 2.45) is 0 Å². The molecule has 0 radical (unpaired) electrons. The zero-order chi connectivity index (χ0) is 21.6. The minimum Gasteiger partial charge on any atom is -0.381 e. The average molecular weight is 422 g/mol. The molecular formula is C25H27NO3S. The molecule has 0 saturated carbocycles. The fourth-order valence-electron chi connectivity index (χ4n) is 4.56. The topological polar surface area (TPSA) is 57.6 Å². The lowest BCUT2D eigenvalue weighted by molar-refractivity contribution is -0.187. The van der Waals surface area contributed by atoms with Crippen molar-refractivity contribution in [3.8, 4) is 0 Å². The van der Waals surface area contributed by atoms with Crippen LogP contribution in [0.25, 0.3) is 0 Å². The van der Waals surface area contributed by atoms with Crippen LogP contribution in [0.5, 0.6) is 0 Å². The van der Waals surface area contributed by atoms with Crippen molar-refractivity contribution in [3.63, 3.8) is 0 Å². The third-order valence-corrected chi connectivity index (χ3v) is 8.52. The fraction of sp³-hybridized carbons (Fsp3) is 0.280. The predicted octanol–water partition coefficient (Wildman–Crippen LogP) is 4.05. The minimum absolute atomic E-state index is 0.216. The average Bonchev–Trinajstić information content (AvgIpc) is 2.74. The molecule has 1 saturated heterocycles. The molecule has 0 aliphatic carbocycles. The molecule has 0 aromatic heterocycles. The molecule has 4 rings (SSSR count). The van der Waals surface area contributed by atoms with Crippen LogP contribution in [0.1, 0.15) is 35.2 Å². The summed E-state index contributed by atoms with van der Waals surface area (Å²) in [5, 5.41) is 11.7. The number of likely N-dealkylation sites (tertiary alicyclic amines) is 1. The van der Waals surface area contributed by atoms with Crippen LogP contribution in [0.2, 0.25) is 0 Å². The van der Waals surface area contributed by atoms with E-state index in [4.69, 9.17) is 0 Å². The lowest BCUT2D eigenvalue weighted by Gasteiger charge is -2.63. The predicted molar refractivity (Wildman–Crippen MR) is 120 cm³/mol. The highest BCUT2D eigenvalue weighted by atomic mass is 32.2. The van der Waals surface area contributed by atoms with E-state index in [1.165, 1.54) is 6.26 Å². The second-order valence-electron chi connectivity index (χ2n) is 8.33. The zero-order valence-electron chi connectivity index (χ0n) is 17.5. The highest BCUT2D eigenvalue weighted by Crippen LogP contribution is 2.55. The van der Waals surface area contributed by atoms with Crippen LogP contribution in [0.3, 0.4) is 0 Å². The molecule has 30 heavy (non-hydrogen) atoms. The SMILES string of the molecule is Cc1ccc(C2(O)CN(C(c3ccccc3)c3ccccc3)C2(C)S(C)(=O)=O)cc1. The maximum absolute atomic E-state index is 13.2. The van der Waals surface area contributed by atoms with Gasteiger partial charge >= 0.3 is 0 Å². The molecule has 156 valence electrons. The van der Waals surface area contributed by atoms with Crippen LogP contribution in [-0.2, 0) is 15.4 Å². The third-order valence-electron chi connectivity index (χ3n) is 6.51. The van der Waals surface area contributed by atoms with Gasteiger partial charge in [0.2, 0.25) is 0 Å². The largest absolute Gasteiger partial charge is 0.381 e. The Hall–Kier alpha value is -2.47. The number of hydrogen-bond donors (Lipinski definition) is 1. The normalized spacial score (nSPS) is 24.6. The van der Waals surface area contributed by atoms with Gasteiger partial charge in [-0.15, -0.1) is 0 Å². The van der Waals surface area contributed by atoms with Gasteiger partial charge in [-0.3, -0.25) is 4.90 Å². The summed E-state index contributed by atoms with van der Waals surface area (Å²) in [5.41, 5.74) is 2.16. The van der Waals surface area contributed by atoms with Crippen LogP contribution >= 0.6 is 0 Å². The van der Waals surface area contributed by atoms with E-state index in [0.29, 0.717) is 5.56 Å². The van der Waals surface area contributed by atoms with Gasteiger partial charge in [-0.25, -0.2) is 8.42 Å². The van der Waals surface area contributed by atoms with Crippen LogP contribution in [0.4, 0.5) is 0 Å². The first-order valence-corrected chi connectivity index (χ1v) is 11.9. The molecule has 4 nitrogen and oxygen atoms in total. The van der Waals surface area contributed by atoms with Gasteiger partial charge in [0.1, 0.15) is 5.60 Å². The van der Waals surface area contributed by atoms with E-state index in [9.17, 15) is 13.5 Å². The first kappa shape index (κ1) is 20.8. The van der Waals surface area contributed by atoms with Crippen molar-refractivity contribution in [1.82, 2.24) is 4.90 Å². The number of aryl methyl sites for hydroxylation is 1. The summed E-state index contributed by atoms with van der Waals surface area (Å²) in [5.74, 6) is 0. The molecule has 3 aromatic carbocycles. The molecule has 0 amide bonds. The number of aliphatic hydroxyl groups is 1. The third kappa shape index (κ3) is 3.09. The van der Waals surface area contributed by atoms with Gasteiger partial charge < -0.3 is 5.11 Å². The van der Waals surface area contributed by atoms with E-state index >= 15 is 0 Å². The van der Waals surface area contributed by atoms with E-state index in [1.54, 1.807) is 6.92 Å². The first-order chi connectivity index (χ1) is 14.2. The van der Waals surface area contributed by atoms with Crippen LogP contribution in [0, 0.1) is 6.92 Å². The maximum atomic E-state index is 13.2. The smallest absolute Gasteiger partial charge is 0.169 e. The minimum atomic E-state index is -3.67. The number of β-amino-alcohol motifs (C(OH)–C–C–N with tert-alkyl or cyclic N) is 1. The Morgan fingerprint density at radius 1 is 0.867 bits per heavy atom. The van der Waals surface area contributed by atoms with Crippen molar-refractivity contribution in [1.29, 1.82) is 0 Å². The summed E-state index contributed by atoms with van der Waals surface area (Å²) < 4.78 is 26.3. The Labute approximate surface area is 178 Å². The lowest BCUT2D eigenvalue weighted by Crippen LogP contribution is -2.78. The molecule has 1 N–H and O–H groups in total. The van der Waals surface area contributed by atoms with Gasteiger partial charge in [-0.1, -0.05) is 90.5 Å². The zero-order valence-corrected chi connectivity index (χ0v) is 18.3. The quantitative estimate of drug-likeness (QED) is 0.675. The maximum Gasteiger partial charge on any atom is 0.169 e. The second-order valence-corrected chi connectivity index (χ2v) is 10.7. The molecular weight excluding hydrogens is 394 g/mol. The lowest BCUT2D eigenvalue weighted by atomic mass is 9.75. The number of benzene rings is 3. The van der Waals surface area contributed by atoms with Crippen molar-refractivity contribution in [2.45, 2.75) is 30.4 Å². The Morgan fingerprint density at radius 3 is 1.77 bits per heavy atom. The summed E-state index contributed by atoms with van der Waals surface area (Å²) in [6, 6.07) is 26.9. The van der Waals surface area contributed by atoms with Gasteiger partial charge in [0.15, 0.2) is 14.7 Å². The molecule has 1 aliphatic heterocycles. The second kappa shape index (κ2) is 7.34. The van der Waals surface area contributed by atoms with Gasteiger partial charge in [0, 0.05) is 12.8 Å². The van der Waals surface area contributed by atoms with Crippen molar-refractivity contribution >= 4 is 9.84 Å². The van der Waals surface area contributed by atoms with Gasteiger partial charge in [0.05, 0.1) is 6.04 Å². The summed E-state index contributed by atoms with van der Waals surface area (Å²) >= 11 is 0. The molecule has 1 fully saturated rings. The standard InChI is InChI=1S/C25H27NO3S/c1-19-14-16-22(17-15-19)25(27)18-26(24(25,2)30(3,28)29)23(20-10-6-4-7-11-20)21-12-8-5-9-13-21/h4-17,23,27H,18H2,1-3H3. The van der Waals surface area contributed by atoms with Crippen molar-refractivity contribution < 1.29 is 13.5 Å². The van der Waals surface area contributed by atoms with Crippen LogP contribution < -0.4 is 0 Å². The van der Waals surface area contributed by atoms with Crippen LogP contribution in [0.15, 0.2) is 84.9 Å². The van der Waals surface area contributed by atoms with Crippen LogP contribution in [-0.4, -0.2) is 36.1 Å². The number of hydrogen-bond acceptors (Lipinski definition) is 4. The van der Waals surface area contributed by atoms with E-state index in [0.717, 1.165) is 16.7 Å². The monoisotopic (exact) mass is 421 g/mol. The highest BCUT2D eigenvalue weighted by Gasteiger charge is 2.69. The van der Waals surface area contributed by atoms with E-state index in [1.807, 2.05) is 96.8 Å². The molecule has 0 bridgehead atoms. The molecule has 1 heterocycles. The van der Waals surface area contributed by atoms with Gasteiger partial charge in [0.25, 0.3) is 0 Å². The van der Waals surface area contributed by atoms with Crippen molar-refractivity contribution in [2.75, 3.05) is 12.8 Å². The van der Waals surface area contributed by atoms with E-state index in [2.05, 4.69) is 0 Å². The van der Waals surface area contributed by atoms with Gasteiger partial charge in [-0.05, 0) is 30.5 Å². The Kier molecular flexibility index (Phi) is 5.09. The van der Waals surface area contributed by atoms with E-state index < -0.39 is 20.3 Å². The molecule has 0 spiro atoms. The fourth-order valence-corrected chi connectivity index (χ4v) is 5.95. The molecule has 2 atom stereocenters. The van der Waals surface area contributed by atoms with Gasteiger partial charge in [-0.2, -0.15) is 0 Å². The molecule has 3 aromatic rings. The summed E-state index contributed by atoms with van der Waals surface area (Å²) in [6.07, 6.45) is 1.21. The Morgan fingerprint density at radius 2 is 1.33 bits per heavy atom. The van der Waals surface area contributed by atoms with Crippen molar-refractivity contribution in [3.05, 3.63) is 107 Å². The summed E-state index contributed by atoms with van der Waals surface area (Å²) in [4.78, 5) is 0.429. The molecule has 1 aliphatic rings. The summed E-state index contributed by atoms with van der Waals surface area (Å²) in [6.45, 7) is 3.83. The highest BCUT2D eigenvalue weighted by molar-refractivity contribution is 7.92. The van der Waals surface area contributed by atoms with E-state index in [-0.39, 0.29) is 12.6 Å². The first-order valence-electron chi connectivity index (χ1n) is 10.0. The molecule has 2 unspecified atom stereocenters.